The molecule has 3 aromatic rings. The van der Waals surface area contributed by atoms with Gasteiger partial charge in [0.1, 0.15) is 5.82 Å². The summed E-state index contributed by atoms with van der Waals surface area (Å²) in [4.78, 5) is 17.0. The Morgan fingerprint density at radius 1 is 0.826 bits per heavy atom. The number of nitrogens with zero attached hydrogens (tertiary/aromatic N) is 1. The Kier molecular flexibility index (Phi) is 4.39. The van der Waals surface area contributed by atoms with Gasteiger partial charge in [-0.15, -0.1) is 0 Å². The van der Waals surface area contributed by atoms with Crippen molar-refractivity contribution in [2.45, 2.75) is 0 Å². The van der Waals surface area contributed by atoms with Crippen LogP contribution in [0.15, 0.2) is 83.9 Å². The number of carbonyl (C=O) groups excluding carboxylic acids is 1. The fraction of sp³-hybridized carbons (Fsp3) is 0. The van der Waals surface area contributed by atoms with Gasteiger partial charge in [-0.1, -0.05) is 54.6 Å². The van der Waals surface area contributed by atoms with Gasteiger partial charge in [0.05, 0.1) is 5.69 Å². The molecule has 0 unspecified atom stereocenters. The molecule has 0 heterocycles. The highest BCUT2D eigenvalue weighted by Crippen LogP contribution is 2.22. The van der Waals surface area contributed by atoms with Crippen molar-refractivity contribution in [3.8, 4) is 0 Å². The lowest BCUT2D eigenvalue weighted by Crippen LogP contribution is -2.01. The lowest BCUT2D eigenvalue weighted by atomic mass is 10.0. The Balaban J connectivity index is 1.92. The molecular formula is C20H14FNO. The molecule has 23 heavy (non-hydrogen) atoms. The smallest absolute Gasteiger partial charge is 0.195 e. The number of hydrogen-bond acceptors (Lipinski definition) is 2. The van der Waals surface area contributed by atoms with Gasteiger partial charge in [-0.2, -0.15) is 0 Å². The zero-order valence-corrected chi connectivity index (χ0v) is 12.3. The second-order valence-corrected chi connectivity index (χ2v) is 5.02. The number of rotatable bonds is 4. The number of ketones is 1. The van der Waals surface area contributed by atoms with Crippen LogP contribution < -0.4 is 0 Å². The molecule has 0 aliphatic rings. The van der Waals surface area contributed by atoms with E-state index in [9.17, 15) is 9.18 Å². The van der Waals surface area contributed by atoms with Crippen molar-refractivity contribution in [3.63, 3.8) is 0 Å². The Bertz CT molecular complexity index is 839. The highest BCUT2D eigenvalue weighted by atomic mass is 19.1. The Labute approximate surface area is 133 Å². The van der Waals surface area contributed by atoms with Gasteiger partial charge in [-0.3, -0.25) is 9.79 Å². The average molecular weight is 303 g/mol. The molecule has 112 valence electrons. The van der Waals surface area contributed by atoms with Crippen LogP contribution in [0.2, 0.25) is 0 Å². The zero-order valence-electron chi connectivity index (χ0n) is 12.3. The summed E-state index contributed by atoms with van der Waals surface area (Å²) in [7, 11) is 0. The second-order valence-electron chi connectivity index (χ2n) is 5.02. The topological polar surface area (TPSA) is 29.4 Å². The van der Waals surface area contributed by atoms with E-state index in [-0.39, 0.29) is 11.6 Å². The van der Waals surface area contributed by atoms with Crippen molar-refractivity contribution in [2.75, 3.05) is 0 Å². The molecule has 0 aliphatic heterocycles. The average Bonchev–Trinajstić information content (AvgIpc) is 2.62. The molecule has 0 bridgehead atoms. The van der Waals surface area contributed by atoms with Crippen LogP contribution >= 0.6 is 0 Å². The zero-order chi connectivity index (χ0) is 16.1. The van der Waals surface area contributed by atoms with Gasteiger partial charge in [0.15, 0.2) is 5.78 Å². The number of benzene rings is 3. The van der Waals surface area contributed by atoms with Gasteiger partial charge >= 0.3 is 0 Å². The molecule has 0 amide bonds. The van der Waals surface area contributed by atoms with E-state index in [1.165, 1.54) is 12.1 Å². The molecule has 0 saturated carbocycles. The summed E-state index contributed by atoms with van der Waals surface area (Å²) in [5, 5.41) is 0. The first-order valence-electron chi connectivity index (χ1n) is 7.22. The lowest BCUT2D eigenvalue weighted by Gasteiger charge is -2.04. The largest absolute Gasteiger partial charge is 0.289 e. The third-order valence-corrected chi connectivity index (χ3v) is 3.41. The van der Waals surface area contributed by atoms with Crippen LogP contribution in [-0.2, 0) is 0 Å². The van der Waals surface area contributed by atoms with E-state index < -0.39 is 0 Å². The first-order valence-corrected chi connectivity index (χ1v) is 7.22. The summed E-state index contributed by atoms with van der Waals surface area (Å²) in [6, 6.07) is 22.3. The summed E-state index contributed by atoms with van der Waals surface area (Å²) in [6.45, 7) is 0. The predicted molar refractivity (Wildman–Crippen MR) is 90.0 cm³/mol. The number of para-hydroxylation sites is 1. The van der Waals surface area contributed by atoms with Crippen molar-refractivity contribution < 1.29 is 9.18 Å². The molecule has 0 N–H and O–H groups in total. The van der Waals surface area contributed by atoms with Gasteiger partial charge < -0.3 is 0 Å². The summed E-state index contributed by atoms with van der Waals surface area (Å²) in [6.07, 6.45) is 1.62. The molecule has 0 fully saturated rings. The van der Waals surface area contributed by atoms with E-state index in [1.807, 2.05) is 30.3 Å². The second kappa shape index (κ2) is 6.79. The standard InChI is InChI=1S/C20H14FNO/c21-17-12-10-15(11-13-17)14-22-19-9-5-4-8-18(19)20(23)16-6-2-1-3-7-16/h1-14H. The van der Waals surface area contributed by atoms with E-state index in [4.69, 9.17) is 0 Å². The van der Waals surface area contributed by atoms with E-state index in [1.54, 1.807) is 42.6 Å². The van der Waals surface area contributed by atoms with Crippen molar-refractivity contribution in [1.82, 2.24) is 0 Å². The van der Waals surface area contributed by atoms with Crippen LogP contribution in [-0.4, -0.2) is 12.0 Å². The van der Waals surface area contributed by atoms with Gasteiger partial charge in [0, 0.05) is 17.3 Å². The third-order valence-electron chi connectivity index (χ3n) is 3.41. The molecular weight excluding hydrogens is 289 g/mol. The normalized spacial score (nSPS) is 10.8. The number of hydrogen-bond donors (Lipinski definition) is 0. The summed E-state index contributed by atoms with van der Waals surface area (Å²) in [5.74, 6) is -0.362. The highest BCUT2D eigenvalue weighted by Gasteiger charge is 2.12. The van der Waals surface area contributed by atoms with Crippen molar-refractivity contribution in [2.24, 2.45) is 4.99 Å². The van der Waals surface area contributed by atoms with E-state index in [2.05, 4.69) is 4.99 Å². The SMILES string of the molecule is O=C(c1ccccc1)c1ccccc1N=Cc1ccc(F)cc1. The molecule has 0 aliphatic carbocycles. The van der Waals surface area contributed by atoms with Gasteiger partial charge in [0.2, 0.25) is 0 Å². The quantitative estimate of drug-likeness (QED) is 0.502. The van der Waals surface area contributed by atoms with Crippen molar-refractivity contribution >= 4 is 17.7 Å². The molecule has 2 nitrogen and oxygen atoms in total. The monoisotopic (exact) mass is 303 g/mol. The summed E-state index contributed by atoms with van der Waals surface area (Å²) >= 11 is 0. The maximum Gasteiger partial charge on any atom is 0.195 e. The minimum atomic E-state index is -0.290. The molecule has 0 aromatic heterocycles. The van der Waals surface area contributed by atoms with Gasteiger partial charge in [0.25, 0.3) is 0 Å². The molecule has 0 radical (unpaired) electrons. The number of aliphatic imine (C=N–C) groups is 1. The summed E-state index contributed by atoms with van der Waals surface area (Å²) < 4.78 is 12.9. The van der Waals surface area contributed by atoms with E-state index >= 15 is 0 Å². The minimum Gasteiger partial charge on any atom is -0.289 e. The molecule has 0 atom stereocenters. The first-order chi connectivity index (χ1) is 11.2. The fourth-order valence-electron chi connectivity index (χ4n) is 2.22. The van der Waals surface area contributed by atoms with Crippen LogP contribution in [0.1, 0.15) is 21.5 Å². The van der Waals surface area contributed by atoms with Crippen LogP contribution in [0.4, 0.5) is 10.1 Å². The van der Waals surface area contributed by atoms with Crippen LogP contribution in [0.25, 0.3) is 0 Å². The van der Waals surface area contributed by atoms with Crippen LogP contribution in [0.3, 0.4) is 0 Å². The number of halogens is 1. The van der Waals surface area contributed by atoms with E-state index in [0.717, 1.165) is 5.56 Å². The van der Waals surface area contributed by atoms with E-state index in [0.29, 0.717) is 16.8 Å². The lowest BCUT2D eigenvalue weighted by molar-refractivity contribution is 0.103. The fourth-order valence-corrected chi connectivity index (χ4v) is 2.22. The number of carbonyl (C=O) groups is 1. The van der Waals surface area contributed by atoms with Crippen molar-refractivity contribution in [3.05, 3.63) is 101 Å². The maximum atomic E-state index is 12.9. The molecule has 3 aromatic carbocycles. The first kappa shape index (κ1) is 14.9. The van der Waals surface area contributed by atoms with Gasteiger partial charge in [-0.25, -0.2) is 4.39 Å². The van der Waals surface area contributed by atoms with Crippen LogP contribution in [0, 0.1) is 5.82 Å². The molecule has 3 rings (SSSR count). The Morgan fingerprint density at radius 2 is 1.48 bits per heavy atom. The predicted octanol–water partition coefficient (Wildman–Crippen LogP) is 4.81. The van der Waals surface area contributed by atoms with Crippen LogP contribution in [0.5, 0.6) is 0 Å². The highest BCUT2D eigenvalue weighted by molar-refractivity contribution is 6.12. The van der Waals surface area contributed by atoms with Gasteiger partial charge in [-0.05, 0) is 29.8 Å². The summed E-state index contributed by atoms with van der Waals surface area (Å²) in [5.41, 5.74) is 2.52. The Hall–Kier alpha value is -3.07. The molecule has 0 saturated heterocycles. The van der Waals surface area contributed by atoms with Crippen molar-refractivity contribution in [1.29, 1.82) is 0 Å². The maximum absolute atomic E-state index is 12.9. The molecule has 3 heteroatoms. The third kappa shape index (κ3) is 3.58. The minimum absolute atomic E-state index is 0.0718. The Morgan fingerprint density at radius 3 is 2.22 bits per heavy atom. The molecule has 0 spiro atoms.